The first kappa shape index (κ1) is 22.2. The van der Waals surface area contributed by atoms with Crippen LogP contribution in [0, 0.1) is 10.6 Å². The molecule has 1 aliphatic heterocycles. The van der Waals surface area contributed by atoms with E-state index in [1.54, 1.807) is 18.1 Å². The monoisotopic (exact) mass is 472 g/mol. The minimum Gasteiger partial charge on any atom is -0.496 e. The highest BCUT2D eigenvalue weighted by Gasteiger charge is 2.26. The topological polar surface area (TPSA) is 70.2 Å². The number of piperidine rings is 1. The van der Waals surface area contributed by atoms with E-state index in [-0.39, 0.29) is 16.8 Å². The second-order valence-corrected chi connectivity index (χ2v) is 8.41. The van der Waals surface area contributed by atoms with Gasteiger partial charge in [-0.3, -0.25) is 4.79 Å². The predicted octanol–water partition coefficient (Wildman–Crippen LogP) is 5.73. The summed E-state index contributed by atoms with van der Waals surface area (Å²) in [5.74, 6) is 0.760. The maximum atomic E-state index is 13.6. The van der Waals surface area contributed by atoms with Crippen LogP contribution in [0.5, 0.6) is 5.75 Å². The van der Waals surface area contributed by atoms with Crippen LogP contribution in [-0.4, -0.2) is 41.0 Å². The number of hydrogen-bond donors (Lipinski definition) is 2. The molecular formula is C23H22ClFN4O2S. The van der Waals surface area contributed by atoms with Crippen molar-refractivity contribution in [1.82, 2.24) is 14.9 Å². The lowest BCUT2D eigenvalue weighted by Crippen LogP contribution is -2.38. The minimum atomic E-state index is -0.497. The van der Waals surface area contributed by atoms with Crippen molar-refractivity contribution in [3.05, 3.63) is 64.2 Å². The molecule has 0 spiro atoms. The molecule has 1 aromatic heterocycles. The molecule has 0 aliphatic carbocycles. The number of likely N-dealkylation sites (tertiary alicyclic amines) is 1. The first-order chi connectivity index (χ1) is 15.4. The number of aromatic amines is 1. The molecule has 2 aromatic carbocycles. The largest absolute Gasteiger partial charge is 0.496 e. The molecule has 2 N–H and O–H groups in total. The van der Waals surface area contributed by atoms with Gasteiger partial charge in [0.1, 0.15) is 17.4 Å². The fourth-order valence-corrected chi connectivity index (χ4v) is 4.44. The Hall–Kier alpha value is -2.97. The van der Waals surface area contributed by atoms with Gasteiger partial charge in [0, 0.05) is 36.1 Å². The van der Waals surface area contributed by atoms with Gasteiger partial charge in [-0.05, 0) is 61.0 Å². The molecule has 0 bridgehead atoms. The first-order valence-corrected chi connectivity index (χ1v) is 10.9. The maximum absolute atomic E-state index is 13.6. The number of nitrogens with one attached hydrogen (secondary N) is 2. The summed E-state index contributed by atoms with van der Waals surface area (Å²) in [6, 6.07) is 8.26. The number of halogens is 2. The molecular weight excluding hydrogens is 451 g/mol. The van der Waals surface area contributed by atoms with E-state index in [4.69, 9.17) is 28.6 Å². The van der Waals surface area contributed by atoms with Gasteiger partial charge in [0.2, 0.25) is 5.91 Å². The standard InChI is InChI=1S/C23H22ClFN4O2S/c1-3-21(30)29-8-4-5-13(12-29)15-10-16-19(11-20(15)31-2)27-23(32)28-22(16)26-14-6-7-18(25)17(24)9-14/h3,6-7,9-11,13H,1,4-5,8,12H2,2H3,(H2,26,27,28,32)/t13-/m0/s1. The van der Waals surface area contributed by atoms with E-state index in [1.807, 2.05) is 12.1 Å². The zero-order chi connectivity index (χ0) is 22.8. The fourth-order valence-electron chi connectivity index (χ4n) is 4.06. The van der Waals surface area contributed by atoms with E-state index < -0.39 is 5.82 Å². The number of H-pyrrole nitrogens is 1. The number of benzene rings is 2. The number of aromatic nitrogens is 2. The van der Waals surface area contributed by atoms with Crippen LogP contribution in [-0.2, 0) is 4.79 Å². The Bertz CT molecular complexity index is 1260. The van der Waals surface area contributed by atoms with E-state index in [1.165, 1.54) is 18.2 Å². The highest BCUT2D eigenvalue weighted by molar-refractivity contribution is 7.71. The highest BCUT2D eigenvalue weighted by Crippen LogP contribution is 2.38. The second-order valence-electron chi connectivity index (χ2n) is 7.61. The van der Waals surface area contributed by atoms with Crippen LogP contribution in [0.1, 0.15) is 24.3 Å². The zero-order valence-electron chi connectivity index (χ0n) is 17.5. The SMILES string of the molecule is C=CC(=O)N1CCC[C@H](c2cc3c(Nc4ccc(F)c(Cl)c4)nc(=S)[nH]c3cc2OC)C1. The number of rotatable bonds is 5. The molecule has 1 aliphatic rings. The van der Waals surface area contributed by atoms with Crippen molar-refractivity contribution in [3.8, 4) is 5.75 Å². The Morgan fingerprint density at radius 1 is 1.44 bits per heavy atom. The number of carbonyl (C=O) groups excluding carboxylic acids is 1. The summed E-state index contributed by atoms with van der Waals surface area (Å²) < 4.78 is 19.5. The Labute approximate surface area is 195 Å². The molecule has 0 radical (unpaired) electrons. The third-order valence-electron chi connectivity index (χ3n) is 5.61. The summed E-state index contributed by atoms with van der Waals surface area (Å²) in [6.45, 7) is 4.90. The number of anilines is 2. The molecule has 3 aromatic rings. The van der Waals surface area contributed by atoms with Gasteiger partial charge in [-0.2, -0.15) is 0 Å². The van der Waals surface area contributed by atoms with Gasteiger partial charge in [0.25, 0.3) is 0 Å². The van der Waals surface area contributed by atoms with Gasteiger partial charge in [0.15, 0.2) is 4.77 Å². The van der Waals surface area contributed by atoms with E-state index in [0.717, 1.165) is 29.3 Å². The fraction of sp³-hybridized carbons (Fsp3) is 0.261. The second kappa shape index (κ2) is 9.26. The molecule has 1 amide bonds. The van der Waals surface area contributed by atoms with Crippen molar-refractivity contribution >= 4 is 52.1 Å². The van der Waals surface area contributed by atoms with E-state index in [2.05, 4.69) is 21.9 Å². The molecule has 1 fully saturated rings. The number of nitrogens with zero attached hydrogens (tertiary/aromatic N) is 2. The minimum absolute atomic E-state index is 0.0111. The Kier molecular flexibility index (Phi) is 6.43. The van der Waals surface area contributed by atoms with Gasteiger partial charge < -0.3 is 19.9 Å². The molecule has 4 rings (SSSR count). The van der Waals surface area contributed by atoms with Crippen LogP contribution in [0.4, 0.5) is 15.9 Å². The summed E-state index contributed by atoms with van der Waals surface area (Å²) in [4.78, 5) is 21.5. The molecule has 0 unspecified atom stereocenters. The number of fused-ring (bicyclic) bond motifs is 1. The van der Waals surface area contributed by atoms with Crippen LogP contribution in [0.15, 0.2) is 43.0 Å². The lowest BCUT2D eigenvalue weighted by Gasteiger charge is -2.33. The van der Waals surface area contributed by atoms with Crippen LogP contribution < -0.4 is 10.1 Å². The summed E-state index contributed by atoms with van der Waals surface area (Å²) in [6.07, 6.45) is 3.16. The van der Waals surface area contributed by atoms with E-state index in [9.17, 15) is 9.18 Å². The van der Waals surface area contributed by atoms with Gasteiger partial charge in [-0.25, -0.2) is 9.37 Å². The van der Waals surface area contributed by atoms with Crippen LogP contribution in [0.25, 0.3) is 10.9 Å². The van der Waals surface area contributed by atoms with Gasteiger partial charge in [-0.1, -0.05) is 18.2 Å². The summed E-state index contributed by atoms with van der Waals surface area (Å²) in [5.41, 5.74) is 2.31. The lowest BCUT2D eigenvalue weighted by atomic mass is 9.89. The Morgan fingerprint density at radius 2 is 2.25 bits per heavy atom. The Morgan fingerprint density at radius 3 is 2.97 bits per heavy atom. The van der Waals surface area contributed by atoms with Crippen molar-refractivity contribution in [2.75, 3.05) is 25.5 Å². The zero-order valence-corrected chi connectivity index (χ0v) is 19.0. The summed E-state index contributed by atoms with van der Waals surface area (Å²) >= 11 is 11.2. The normalized spacial score (nSPS) is 16.1. The number of amides is 1. The average molecular weight is 473 g/mol. The van der Waals surface area contributed by atoms with Crippen LogP contribution in [0.3, 0.4) is 0 Å². The average Bonchev–Trinajstić information content (AvgIpc) is 2.80. The molecule has 166 valence electrons. The maximum Gasteiger partial charge on any atom is 0.245 e. The molecule has 2 heterocycles. The Balaban J connectivity index is 1.79. The number of hydrogen-bond acceptors (Lipinski definition) is 5. The molecule has 0 saturated carbocycles. The van der Waals surface area contributed by atoms with Crippen molar-refractivity contribution < 1.29 is 13.9 Å². The highest BCUT2D eigenvalue weighted by atomic mass is 35.5. The smallest absolute Gasteiger partial charge is 0.245 e. The van der Waals surface area contributed by atoms with Crippen molar-refractivity contribution in [3.63, 3.8) is 0 Å². The summed E-state index contributed by atoms with van der Waals surface area (Å²) in [7, 11) is 1.62. The number of ether oxygens (including phenoxy) is 1. The molecule has 6 nitrogen and oxygen atoms in total. The quantitative estimate of drug-likeness (QED) is 0.366. The van der Waals surface area contributed by atoms with E-state index >= 15 is 0 Å². The van der Waals surface area contributed by atoms with Crippen molar-refractivity contribution in [2.24, 2.45) is 0 Å². The molecule has 1 atom stereocenters. The lowest BCUT2D eigenvalue weighted by molar-refractivity contribution is -0.127. The van der Waals surface area contributed by atoms with Crippen LogP contribution in [0.2, 0.25) is 5.02 Å². The number of methoxy groups -OCH3 is 1. The van der Waals surface area contributed by atoms with Gasteiger partial charge in [0.05, 0.1) is 17.6 Å². The van der Waals surface area contributed by atoms with Gasteiger partial charge in [-0.15, -0.1) is 0 Å². The molecule has 9 heteroatoms. The first-order valence-electron chi connectivity index (χ1n) is 10.1. The van der Waals surface area contributed by atoms with Crippen molar-refractivity contribution in [1.29, 1.82) is 0 Å². The summed E-state index contributed by atoms with van der Waals surface area (Å²) in [5, 5.41) is 4.00. The van der Waals surface area contributed by atoms with Gasteiger partial charge >= 0.3 is 0 Å². The predicted molar refractivity (Wildman–Crippen MR) is 127 cm³/mol. The van der Waals surface area contributed by atoms with Crippen molar-refractivity contribution in [2.45, 2.75) is 18.8 Å². The third-order valence-corrected chi connectivity index (χ3v) is 6.09. The third kappa shape index (κ3) is 4.47. The molecule has 32 heavy (non-hydrogen) atoms. The van der Waals surface area contributed by atoms with Crippen LogP contribution >= 0.6 is 23.8 Å². The van der Waals surface area contributed by atoms with E-state index in [0.29, 0.717) is 35.1 Å². The molecule has 1 saturated heterocycles. The number of carbonyl (C=O) groups is 1.